The maximum absolute atomic E-state index is 13.8. The molecule has 0 fully saturated rings. The number of nitrogens with one attached hydrogen (secondary N) is 1. The zero-order valence-electron chi connectivity index (χ0n) is 16.2. The minimum absolute atomic E-state index is 0.124. The van der Waals surface area contributed by atoms with Gasteiger partial charge in [-0.1, -0.05) is 12.1 Å². The highest BCUT2D eigenvalue weighted by molar-refractivity contribution is 7.91. The van der Waals surface area contributed by atoms with Crippen LogP contribution in [0.2, 0.25) is 0 Å². The van der Waals surface area contributed by atoms with E-state index in [-0.39, 0.29) is 17.3 Å². The molecule has 0 spiro atoms. The predicted molar refractivity (Wildman–Crippen MR) is 107 cm³/mol. The summed E-state index contributed by atoms with van der Waals surface area (Å²) in [4.78, 5) is 19.8. The number of benzene rings is 2. The van der Waals surface area contributed by atoms with Gasteiger partial charge in [-0.2, -0.15) is 0 Å². The van der Waals surface area contributed by atoms with E-state index >= 15 is 0 Å². The van der Waals surface area contributed by atoms with Crippen molar-refractivity contribution in [2.24, 2.45) is 0 Å². The molecule has 4 aromatic rings. The molecule has 2 heterocycles. The fourth-order valence-electron chi connectivity index (χ4n) is 2.99. The number of hydrogen-bond acceptors (Lipinski definition) is 5. The summed E-state index contributed by atoms with van der Waals surface area (Å²) >= 11 is 0. The van der Waals surface area contributed by atoms with Gasteiger partial charge in [0.15, 0.2) is 0 Å². The Labute approximate surface area is 180 Å². The SMILES string of the molecule is O=C(NCc1ccc(S(=O)(=O)c2ccc(C(F)F)c(F)c2)cc1)c1cnc2nccn2c1. The molecule has 2 aromatic heterocycles. The number of hydrogen-bond donors (Lipinski definition) is 1. The van der Waals surface area contributed by atoms with Crippen LogP contribution >= 0.6 is 0 Å². The van der Waals surface area contributed by atoms with Gasteiger partial charge in [-0.25, -0.2) is 31.6 Å². The molecule has 0 unspecified atom stereocenters. The molecule has 4 rings (SSSR count). The molecule has 32 heavy (non-hydrogen) atoms. The van der Waals surface area contributed by atoms with Gasteiger partial charge in [-0.05, 0) is 35.9 Å². The van der Waals surface area contributed by atoms with Crippen LogP contribution in [0.15, 0.2) is 77.0 Å². The predicted octanol–water partition coefficient (Wildman–Crippen LogP) is 3.57. The number of rotatable bonds is 6. The quantitative estimate of drug-likeness (QED) is 0.475. The lowest BCUT2D eigenvalue weighted by Crippen LogP contribution is -2.23. The summed E-state index contributed by atoms with van der Waals surface area (Å²) in [5.74, 6) is -1.20. The lowest BCUT2D eigenvalue weighted by Gasteiger charge is -2.09. The van der Waals surface area contributed by atoms with Gasteiger partial charge >= 0.3 is 0 Å². The standard InChI is InChI=1S/C21H15F3N4O3S/c22-18-9-16(5-6-17(18)19(23)24)32(30,31)15-3-1-13(2-4-15)10-26-20(29)14-11-27-21-25-7-8-28(21)12-14/h1-9,11-12,19H,10H2,(H,26,29). The molecule has 0 saturated carbocycles. The summed E-state index contributed by atoms with van der Waals surface area (Å²) < 4.78 is 66.1. The molecule has 1 amide bonds. The van der Waals surface area contributed by atoms with Crippen molar-refractivity contribution < 1.29 is 26.4 Å². The molecule has 0 radical (unpaired) electrons. The van der Waals surface area contributed by atoms with E-state index in [1.165, 1.54) is 30.5 Å². The summed E-state index contributed by atoms with van der Waals surface area (Å²) in [5, 5.41) is 2.70. The molecular weight excluding hydrogens is 445 g/mol. The van der Waals surface area contributed by atoms with Crippen LogP contribution in [0, 0.1) is 5.82 Å². The van der Waals surface area contributed by atoms with Crippen molar-refractivity contribution in [1.82, 2.24) is 19.7 Å². The van der Waals surface area contributed by atoms with Crippen LogP contribution in [-0.2, 0) is 16.4 Å². The van der Waals surface area contributed by atoms with Gasteiger partial charge < -0.3 is 5.32 Å². The first-order valence-electron chi connectivity index (χ1n) is 9.24. The number of fused-ring (bicyclic) bond motifs is 1. The highest BCUT2D eigenvalue weighted by atomic mass is 32.2. The highest BCUT2D eigenvalue weighted by Crippen LogP contribution is 2.27. The Bertz CT molecular complexity index is 1400. The molecule has 164 valence electrons. The van der Waals surface area contributed by atoms with Crippen LogP contribution in [0.3, 0.4) is 0 Å². The first-order valence-corrected chi connectivity index (χ1v) is 10.7. The van der Waals surface area contributed by atoms with Crippen molar-refractivity contribution in [3.05, 3.63) is 89.8 Å². The largest absolute Gasteiger partial charge is 0.348 e. The van der Waals surface area contributed by atoms with E-state index in [0.29, 0.717) is 23.0 Å². The van der Waals surface area contributed by atoms with Gasteiger partial charge in [0.05, 0.1) is 20.9 Å². The fraction of sp³-hybridized carbons (Fsp3) is 0.0952. The summed E-state index contributed by atoms with van der Waals surface area (Å²) in [5.41, 5.74) is 0.0783. The van der Waals surface area contributed by atoms with Crippen LogP contribution < -0.4 is 5.32 Å². The van der Waals surface area contributed by atoms with E-state index in [0.717, 1.165) is 12.1 Å². The van der Waals surface area contributed by atoms with Crippen LogP contribution in [0.5, 0.6) is 0 Å². The third-order valence-electron chi connectivity index (χ3n) is 4.71. The number of carbonyl (C=O) groups is 1. The van der Waals surface area contributed by atoms with Crippen LogP contribution in [0.4, 0.5) is 13.2 Å². The van der Waals surface area contributed by atoms with Crippen molar-refractivity contribution in [1.29, 1.82) is 0 Å². The maximum Gasteiger partial charge on any atom is 0.266 e. The van der Waals surface area contributed by atoms with E-state index in [2.05, 4.69) is 15.3 Å². The Hall–Kier alpha value is -3.73. The Morgan fingerprint density at radius 2 is 1.78 bits per heavy atom. The minimum atomic E-state index is -4.10. The molecular formula is C21H15F3N4O3S. The molecule has 2 aromatic carbocycles. The van der Waals surface area contributed by atoms with Crippen molar-refractivity contribution in [3.63, 3.8) is 0 Å². The van der Waals surface area contributed by atoms with Gasteiger partial charge in [0.1, 0.15) is 5.82 Å². The molecule has 0 aliphatic heterocycles. The average molecular weight is 460 g/mol. The van der Waals surface area contributed by atoms with Gasteiger partial charge in [0.25, 0.3) is 12.3 Å². The zero-order valence-corrected chi connectivity index (χ0v) is 17.1. The molecule has 0 aliphatic carbocycles. The van der Waals surface area contributed by atoms with Crippen LogP contribution in [-0.4, -0.2) is 28.7 Å². The van der Waals surface area contributed by atoms with Gasteiger partial charge in [0.2, 0.25) is 15.6 Å². The van der Waals surface area contributed by atoms with E-state index in [1.807, 2.05) is 0 Å². The van der Waals surface area contributed by atoms with Gasteiger partial charge in [0, 0.05) is 31.3 Å². The van der Waals surface area contributed by atoms with Crippen molar-refractivity contribution in [2.45, 2.75) is 22.8 Å². The molecule has 0 saturated heterocycles. The van der Waals surface area contributed by atoms with Crippen molar-refractivity contribution >= 4 is 21.5 Å². The lowest BCUT2D eigenvalue weighted by atomic mass is 10.2. The first kappa shape index (κ1) is 21.5. The monoisotopic (exact) mass is 460 g/mol. The number of imidazole rings is 1. The molecule has 7 nitrogen and oxygen atoms in total. The summed E-state index contributed by atoms with van der Waals surface area (Å²) in [6.45, 7) is 0.124. The number of carbonyl (C=O) groups excluding carboxylic acids is 1. The normalized spacial score (nSPS) is 11.8. The number of nitrogens with zero attached hydrogens (tertiary/aromatic N) is 3. The third-order valence-corrected chi connectivity index (χ3v) is 6.48. The first-order chi connectivity index (χ1) is 15.3. The minimum Gasteiger partial charge on any atom is -0.348 e. The molecule has 0 atom stereocenters. The molecule has 0 bridgehead atoms. The smallest absolute Gasteiger partial charge is 0.266 e. The van der Waals surface area contributed by atoms with Gasteiger partial charge in [-0.3, -0.25) is 9.20 Å². The summed E-state index contributed by atoms with van der Waals surface area (Å²) in [7, 11) is -4.10. The van der Waals surface area contributed by atoms with Crippen LogP contribution in [0.25, 0.3) is 5.78 Å². The van der Waals surface area contributed by atoms with Crippen molar-refractivity contribution in [2.75, 3.05) is 0 Å². The number of amides is 1. The highest BCUT2D eigenvalue weighted by Gasteiger charge is 2.21. The van der Waals surface area contributed by atoms with E-state index in [9.17, 15) is 26.4 Å². The third kappa shape index (κ3) is 4.19. The second kappa shape index (κ2) is 8.42. The average Bonchev–Trinajstić information content (AvgIpc) is 3.25. The Morgan fingerprint density at radius 3 is 2.47 bits per heavy atom. The van der Waals surface area contributed by atoms with E-state index in [4.69, 9.17) is 0 Å². The second-order valence-corrected chi connectivity index (χ2v) is 8.74. The lowest BCUT2D eigenvalue weighted by molar-refractivity contribution is 0.0950. The summed E-state index contributed by atoms with van der Waals surface area (Å²) in [6, 6.07) is 7.87. The Morgan fingerprint density at radius 1 is 1.06 bits per heavy atom. The van der Waals surface area contributed by atoms with Gasteiger partial charge in [-0.15, -0.1) is 0 Å². The summed E-state index contributed by atoms with van der Waals surface area (Å²) in [6.07, 6.45) is 3.15. The van der Waals surface area contributed by atoms with E-state index in [1.54, 1.807) is 23.0 Å². The Kier molecular flexibility index (Phi) is 5.66. The maximum atomic E-state index is 13.8. The number of alkyl halides is 2. The zero-order chi connectivity index (χ0) is 22.9. The number of sulfone groups is 1. The molecule has 0 aliphatic rings. The molecule has 11 heteroatoms. The van der Waals surface area contributed by atoms with Crippen LogP contribution in [0.1, 0.15) is 27.9 Å². The van der Waals surface area contributed by atoms with E-state index < -0.39 is 32.5 Å². The topological polar surface area (TPSA) is 93.4 Å². The second-order valence-electron chi connectivity index (χ2n) is 6.79. The number of aromatic nitrogens is 3. The molecule has 1 N–H and O–H groups in total. The van der Waals surface area contributed by atoms with Crippen molar-refractivity contribution in [3.8, 4) is 0 Å². The fourth-order valence-corrected chi connectivity index (χ4v) is 4.26. The Balaban J connectivity index is 1.46. The number of halogens is 3.